The number of hydrogen-bond acceptors (Lipinski definition) is 3. The first-order valence-corrected chi connectivity index (χ1v) is 6.90. The van der Waals surface area contributed by atoms with E-state index in [9.17, 15) is 4.79 Å². The predicted octanol–water partition coefficient (Wildman–Crippen LogP) is 1.07. The van der Waals surface area contributed by atoms with Crippen LogP contribution < -0.4 is 11.1 Å². The normalized spacial score (nSPS) is 19.8. The van der Waals surface area contributed by atoms with E-state index < -0.39 is 0 Å². The molecule has 0 aromatic carbocycles. The Morgan fingerprint density at radius 1 is 1.65 bits per heavy atom. The third kappa shape index (κ3) is 4.22. The molecule has 1 aliphatic rings. The fourth-order valence-corrected chi connectivity index (χ4v) is 2.29. The molecular formula is C14H21N5O. The van der Waals surface area contributed by atoms with E-state index in [1.807, 2.05) is 4.90 Å². The van der Waals surface area contributed by atoms with Crippen LogP contribution in [0.4, 0.5) is 5.69 Å². The van der Waals surface area contributed by atoms with Crippen LogP contribution in [0.5, 0.6) is 0 Å². The highest BCUT2D eigenvalue weighted by Gasteiger charge is 2.17. The summed E-state index contributed by atoms with van der Waals surface area (Å²) < 4.78 is 0. The summed E-state index contributed by atoms with van der Waals surface area (Å²) in [7, 11) is 0. The molecule has 1 amide bonds. The van der Waals surface area contributed by atoms with Gasteiger partial charge in [-0.1, -0.05) is 6.92 Å². The molecule has 0 bridgehead atoms. The quantitative estimate of drug-likeness (QED) is 0.638. The number of guanidine groups is 1. The summed E-state index contributed by atoms with van der Waals surface area (Å²) in [6, 6.07) is 3.55. The van der Waals surface area contributed by atoms with Gasteiger partial charge in [-0.3, -0.25) is 9.78 Å². The SMILES string of the molecule is CC1CCCN(C(N)=NCC(=O)Nc2cccnc2)C1. The standard InChI is InChI=1S/C14H21N5O/c1-11-4-3-7-19(10-11)14(15)17-9-13(20)18-12-5-2-6-16-8-12/h2,5-6,8,11H,3-4,7,9-10H2,1H3,(H2,15,17)(H,18,20). The minimum Gasteiger partial charge on any atom is -0.370 e. The Bertz CT molecular complexity index is 474. The molecule has 1 unspecified atom stereocenters. The molecule has 0 saturated carbocycles. The third-order valence-corrected chi connectivity index (χ3v) is 3.31. The maximum absolute atomic E-state index is 11.7. The first kappa shape index (κ1) is 14.3. The highest BCUT2D eigenvalue weighted by Crippen LogP contribution is 2.14. The van der Waals surface area contributed by atoms with Crippen molar-refractivity contribution in [1.29, 1.82) is 0 Å². The van der Waals surface area contributed by atoms with Crippen molar-refractivity contribution < 1.29 is 4.79 Å². The van der Waals surface area contributed by atoms with Gasteiger partial charge in [0.15, 0.2) is 5.96 Å². The maximum Gasteiger partial charge on any atom is 0.246 e. The molecule has 20 heavy (non-hydrogen) atoms. The highest BCUT2D eigenvalue weighted by molar-refractivity contribution is 5.93. The van der Waals surface area contributed by atoms with Gasteiger partial charge in [0, 0.05) is 19.3 Å². The Hall–Kier alpha value is -2.11. The molecule has 1 aliphatic heterocycles. The average Bonchev–Trinajstić information content (AvgIpc) is 2.46. The molecule has 108 valence electrons. The van der Waals surface area contributed by atoms with Crippen molar-refractivity contribution in [2.45, 2.75) is 19.8 Å². The van der Waals surface area contributed by atoms with Crippen LogP contribution in [0.3, 0.4) is 0 Å². The summed E-state index contributed by atoms with van der Waals surface area (Å²) >= 11 is 0. The molecule has 0 radical (unpaired) electrons. The number of anilines is 1. The fraction of sp³-hybridized carbons (Fsp3) is 0.500. The molecule has 2 heterocycles. The number of piperidine rings is 1. The second-order valence-corrected chi connectivity index (χ2v) is 5.16. The van der Waals surface area contributed by atoms with Crippen LogP contribution in [-0.4, -0.2) is 41.4 Å². The summed E-state index contributed by atoms with van der Waals surface area (Å²) in [5.74, 6) is 0.894. The van der Waals surface area contributed by atoms with Crippen molar-refractivity contribution in [1.82, 2.24) is 9.88 Å². The molecule has 0 spiro atoms. The number of carbonyl (C=O) groups is 1. The lowest BCUT2D eigenvalue weighted by Crippen LogP contribution is -2.43. The number of carbonyl (C=O) groups excluding carboxylic acids is 1. The third-order valence-electron chi connectivity index (χ3n) is 3.31. The van der Waals surface area contributed by atoms with Gasteiger partial charge in [-0.25, -0.2) is 4.99 Å². The van der Waals surface area contributed by atoms with Gasteiger partial charge in [0.05, 0.1) is 11.9 Å². The summed E-state index contributed by atoms with van der Waals surface area (Å²) in [6.07, 6.45) is 5.60. The molecular weight excluding hydrogens is 254 g/mol. The number of likely N-dealkylation sites (tertiary alicyclic amines) is 1. The first-order valence-electron chi connectivity index (χ1n) is 6.90. The van der Waals surface area contributed by atoms with Crippen LogP contribution in [0.25, 0.3) is 0 Å². The number of aliphatic imine (C=N–C) groups is 1. The molecule has 2 rings (SSSR count). The molecule has 1 aromatic rings. The minimum absolute atomic E-state index is 0.0333. The van der Waals surface area contributed by atoms with Crippen LogP contribution in [-0.2, 0) is 4.79 Å². The Labute approximate surface area is 119 Å². The average molecular weight is 275 g/mol. The highest BCUT2D eigenvalue weighted by atomic mass is 16.1. The monoisotopic (exact) mass is 275 g/mol. The lowest BCUT2D eigenvalue weighted by atomic mass is 10.0. The largest absolute Gasteiger partial charge is 0.370 e. The second-order valence-electron chi connectivity index (χ2n) is 5.16. The van der Waals surface area contributed by atoms with Gasteiger partial charge in [0.1, 0.15) is 6.54 Å². The number of aromatic nitrogens is 1. The number of nitrogens with two attached hydrogens (primary N) is 1. The molecule has 1 aromatic heterocycles. The minimum atomic E-state index is -0.189. The van der Waals surface area contributed by atoms with E-state index in [4.69, 9.17) is 5.73 Å². The number of nitrogens with one attached hydrogen (secondary N) is 1. The van der Waals surface area contributed by atoms with E-state index in [1.165, 1.54) is 6.42 Å². The van der Waals surface area contributed by atoms with Gasteiger partial charge < -0.3 is 16.0 Å². The van der Waals surface area contributed by atoms with E-state index in [0.29, 0.717) is 17.6 Å². The number of pyridine rings is 1. The molecule has 1 fully saturated rings. The molecule has 0 aliphatic carbocycles. The number of rotatable bonds is 3. The summed E-state index contributed by atoms with van der Waals surface area (Å²) in [5.41, 5.74) is 6.60. The summed E-state index contributed by atoms with van der Waals surface area (Å²) in [6.45, 7) is 4.07. The van der Waals surface area contributed by atoms with Crippen molar-refractivity contribution in [3.05, 3.63) is 24.5 Å². The van der Waals surface area contributed by atoms with Gasteiger partial charge in [-0.05, 0) is 30.9 Å². The zero-order chi connectivity index (χ0) is 14.4. The molecule has 1 atom stereocenters. The van der Waals surface area contributed by atoms with Crippen LogP contribution >= 0.6 is 0 Å². The lowest BCUT2D eigenvalue weighted by molar-refractivity contribution is -0.114. The van der Waals surface area contributed by atoms with Gasteiger partial charge in [-0.15, -0.1) is 0 Å². The number of nitrogens with zero attached hydrogens (tertiary/aromatic N) is 3. The topological polar surface area (TPSA) is 83.6 Å². The van der Waals surface area contributed by atoms with Gasteiger partial charge in [0.25, 0.3) is 0 Å². The zero-order valence-electron chi connectivity index (χ0n) is 11.7. The van der Waals surface area contributed by atoms with Crippen molar-refractivity contribution in [3.63, 3.8) is 0 Å². The van der Waals surface area contributed by atoms with Crippen molar-refractivity contribution in [2.24, 2.45) is 16.6 Å². The molecule has 6 heteroatoms. The van der Waals surface area contributed by atoms with E-state index in [0.717, 1.165) is 19.5 Å². The van der Waals surface area contributed by atoms with Crippen LogP contribution in [0.15, 0.2) is 29.5 Å². The van der Waals surface area contributed by atoms with E-state index >= 15 is 0 Å². The Balaban J connectivity index is 1.83. The van der Waals surface area contributed by atoms with E-state index in [-0.39, 0.29) is 12.5 Å². The van der Waals surface area contributed by atoms with Crippen molar-refractivity contribution in [2.75, 3.05) is 25.0 Å². The van der Waals surface area contributed by atoms with Gasteiger partial charge in [-0.2, -0.15) is 0 Å². The van der Waals surface area contributed by atoms with E-state index in [1.54, 1.807) is 24.5 Å². The Morgan fingerprint density at radius 3 is 3.20 bits per heavy atom. The van der Waals surface area contributed by atoms with Crippen LogP contribution in [0.2, 0.25) is 0 Å². The molecule has 3 N–H and O–H groups in total. The Morgan fingerprint density at radius 2 is 2.50 bits per heavy atom. The smallest absolute Gasteiger partial charge is 0.246 e. The van der Waals surface area contributed by atoms with Crippen molar-refractivity contribution >= 4 is 17.6 Å². The first-order chi connectivity index (χ1) is 9.65. The maximum atomic E-state index is 11.7. The summed E-state index contributed by atoms with van der Waals surface area (Å²) in [5, 5.41) is 2.73. The van der Waals surface area contributed by atoms with Gasteiger partial charge >= 0.3 is 0 Å². The summed E-state index contributed by atoms with van der Waals surface area (Å²) in [4.78, 5) is 21.9. The lowest BCUT2D eigenvalue weighted by Gasteiger charge is -2.31. The van der Waals surface area contributed by atoms with Crippen molar-refractivity contribution in [3.8, 4) is 0 Å². The fourth-order valence-electron chi connectivity index (χ4n) is 2.29. The predicted molar refractivity (Wildman–Crippen MR) is 79.3 cm³/mol. The Kier molecular flexibility index (Phi) is 4.92. The number of amides is 1. The molecule has 1 saturated heterocycles. The van der Waals surface area contributed by atoms with Gasteiger partial charge in [0.2, 0.25) is 5.91 Å². The van der Waals surface area contributed by atoms with E-state index in [2.05, 4.69) is 22.2 Å². The molecule has 6 nitrogen and oxygen atoms in total. The van der Waals surface area contributed by atoms with Crippen LogP contribution in [0, 0.1) is 5.92 Å². The van der Waals surface area contributed by atoms with Crippen LogP contribution in [0.1, 0.15) is 19.8 Å². The second kappa shape index (κ2) is 6.88. The zero-order valence-corrected chi connectivity index (χ0v) is 11.7. The number of hydrogen-bond donors (Lipinski definition) is 2.